The zero-order valence-electron chi connectivity index (χ0n) is 11.1. The van der Waals surface area contributed by atoms with Gasteiger partial charge >= 0.3 is 0 Å². The average Bonchev–Trinajstić information content (AvgIpc) is 2.48. The lowest BCUT2D eigenvalue weighted by molar-refractivity contribution is 0.920. The van der Waals surface area contributed by atoms with Crippen LogP contribution in [-0.2, 0) is 11.9 Å². The van der Waals surface area contributed by atoms with Crippen LogP contribution in [0.4, 0.5) is 5.69 Å². The third-order valence-corrected chi connectivity index (χ3v) is 3.98. The van der Waals surface area contributed by atoms with E-state index in [0.29, 0.717) is 5.56 Å². The van der Waals surface area contributed by atoms with Crippen LogP contribution in [0.3, 0.4) is 0 Å². The number of nitrogens with zero attached hydrogens (tertiary/aromatic N) is 2. The van der Waals surface area contributed by atoms with Crippen molar-refractivity contribution in [3.05, 3.63) is 64.2 Å². The Kier molecular flexibility index (Phi) is 5.05. The lowest BCUT2D eigenvalue weighted by Crippen LogP contribution is -2.17. The summed E-state index contributed by atoms with van der Waals surface area (Å²) in [6.07, 6.45) is 0. The summed E-state index contributed by atoms with van der Waals surface area (Å²) < 4.78 is 0. The van der Waals surface area contributed by atoms with Gasteiger partial charge in [-0.25, -0.2) is 0 Å². The molecule has 0 N–H and O–H groups in total. The fraction of sp³-hybridized carbons (Fsp3) is 0.188. The molecule has 20 heavy (non-hydrogen) atoms. The zero-order valence-corrected chi connectivity index (χ0v) is 13.4. The number of anilines is 1. The quantitative estimate of drug-likeness (QED) is 0.745. The Balaban J connectivity index is 2.22. The molecule has 0 fully saturated rings. The topological polar surface area (TPSA) is 27.0 Å². The summed E-state index contributed by atoms with van der Waals surface area (Å²) in [7, 11) is 1.98. The molecule has 0 aliphatic carbocycles. The van der Waals surface area contributed by atoms with Gasteiger partial charge in [-0.1, -0.05) is 45.7 Å². The predicted octanol–water partition coefficient (Wildman–Crippen LogP) is 4.74. The van der Waals surface area contributed by atoms with E-state index in [2.05, 4.69) is 26.9 Å². The Morgan fingerprint density at radius 1 is 1.15 bits per heavy atom. The van der Waals surface area contributed by atoms with Gasteiger partial charge < -0.3 is 4.90 Å². The van der Waals surface area contributed by atoms with Crippen LogP contribution in [0.1, 0.15) is 16.7 Å². The Bertz CT molecular complexity index is 632. The van der Waals surface area contributed by atoms with Gasteiger partial charge in [0.15, 0.2) is 0 Å². The van der Waals surface area contributed by atoms with Crippen LogP contribution in [0.2, 0.25) is 5.02 Å². The summed E-state index contributed by atoms with van der Waals surface area (Å²) in [6, 6.07) is 16.0. The van der Waals surface area contributed by atoms with E-state index in [9.17, 15) is 5.26 Å². The second-order valence-corrected chi connectivity index (χ2v) is 5.58. The molecule has 2 nitrogen and oxygen atoms in total. The molecule has 0 aliphatic rings. The fourth-order valence-electron chi connectivity index (χ4n) is 2.04. The molecule has 2 aromatic rings. The van der Waals surface area contributed by atoms with Gasteiger partial charge in [0.2, 0.25) is 0 Å². The van der Waals surface area contributed by atoms with Crippen LogP contribution in [0.5, 0.6) is 0 Å². The van der Waals surface area contributed by atoms with Crippen LogP contribution in [-0.4, -0.2) is 7.05 Å². The highest BCUT2D eigenvalue weighted by molar-refractivity contribution is 9.08. The first-order valence-corrected chi connectivity index (χ1v) is 7.68. The largest absolute Gasteiger partial charge is 0.369 e. The Morgan fingerprint density at radius 2 is 1.80 bits per heavy atom. The second kappa shape index (κ2) is 6.78. The molecule has 0 bridgehead atoms. The number of hydrogen-bond acceptors (Lipinski definition) is 2. The summed E-state index contributed by atoms with van der Waals surface area (Å²) >= 11 is 9.29. The van der Waals surface area contributed by atoms with Gasteiger partial charge in [0.25, 0.3) is 0 Å². The molecule has 0 amide bonds. The highest BCUT2D eigenvalue weighted by Gasteiger charge is 2.08. The molecule has 0 aromatic heterocycles. The smallest absolute Gasteiger partial charge is 0.101 e. The maximum absolute atomic E-state index is 9.28. The third kappa shape index (κ3) is 3.53. The average molecular weight is 350 g/mol. The molecule has 0 saturated heterocycles. The maximum Gasteiger partial charge on any atom is 0.101 e. The normalized spacial score (nSPS) is 10.1. The minimum Gasteiger partial charge on any atom is -0.369 e. The van der Waals surface area contributed by atoms with Crippen molar-refractivity contribution in [1.82, 2.24) is 0 Å². The first kappa shape index (κ1) is 14.9. The molecule has 0 unspecified atom stereocenters. The van der Waals surface area contributed by atoms with Gasteiger partial charge in [0.1, 0.15) is 6.07 Å². The lowest BCUT2D eigenvalue weighted by Gasteiger charge is -2.21. The molecule has 2 aromatic carbocycles. The number of hydrogen-bond donors (Lipinski definition) is 0. The zero-order chi connectivity index (χ0) is 14.5. The number of benzene rings is 2. The van der Waals surface area contributed by atoms with Gasteiger partial charge in [-0.15, -0.1) is 0 Å². The molecule has 0 aliphatic heterocycles. The first-order chi connectivity index (χ1) is 9.63. The Morgan fingerprint density at radius 3 is 2.40 bits per heavy atom. The summed E-state index contributed by atoms with van der Waals surface area (Å²) in [6.45, 7) is 0.736. The van der Waals surface area contributed by atoms with Crippen molar-refractivity contribution in [2.75, 3.05) is 11.9 Å². The summed E-state index contributed by atoms with van der Waals surface area (Å²) in [4.78, 5) is 2.07. The second-order valence-electron chi connectivity index (χ2n) is 4.58. The fourth-order valence-corrected chi connectivity index (χ4v) is 2.51. The SMILES string of the molecule is CN(Cc1ccc(Cl)cc1)c1ccc(CBr)cc1C#N. The highest BCUT2D eigenvalue weighted by atomic mass is 79.9. The third-order valence-electron chi connectivity index (χ3n) is 3.08. The molecule has 0 radical (unpaired) electrons. The first-order valence-electron chi connectivity index (χ1n) is 6.18. The Labute approximate surface area is 132 Å². The minimum atomic E-state index is 0.693. The van der Waals surface area contributed by atoms with Crippen molar-refractivity contribution in [2.24, 2.45) is 0 Å². The molecule has 0 saturated carbocycles. The molecular formula is C16H14BrClN2. The van der Waals surface area contributed by atoms with E-state index >= 15 is 0 Å². The van der Waals surface area contributed by atoms with Crippen molar-refractivity contribution < 1.29 is 0 Å². The van der Waals surface area contributed by atoms with E-state index in [4.69, 9.17) is 11.6 Å². The Hall–Kier alpha value is -1.50. The summed E-state index contributed by atoms with van der Waals surface area (Å²) in [5.41, 5.74) is 3.89. The molecule has 2 rings (SSSR count). The van der Waals surface area contributed by atoms with Crippen LogP contribution >= 0.6 is 27.5 Å². The van der Waals surface area contributed by atoms with Crippen molar-refractivity contribution in [1.29, 1.82) is 5.26 Å². The minimum absolute atomic E-state index is 0.693. The molecule has 102 valence electrons. The monoisotopic (exact) mass is 348 g/mol. The van der Waals surface area contributed by atoms with Crippen molar-refractivity contribution >= 4 is 33.2 Å². The molecule has 0 heterocycles. The number of halogens is 2. The summed E-state index contributed by atoms with van der Waals surface area (Å²) in [5.74, 6) is 0. The molecule has 0 spiro atoms. The highest BCUT2D eigenvalue weighted by Crippen LogP contribution is 2.23. The lowest BCUT2D eigenvalue weighted by atomic mass is 10.1. The van der Waals surface area contributed by atoms with Gasteiger partial charge in [-0.3, -0.25) is 0 Å². The predicted molar refractivity (Wildman–Crippen MR) is 87.3 cm³/mol. The van der Waals surface area contributed by atoms with Crippen LogP contribution in [0.25, 0.3) is 0 Å². The maximum atomic E-state index is 9.28. The van der Waals surface area contributed by atoms with Crippen LogP contribution in [0.15, 0.2) is 42.5 Å². The van der Waals surface area contributed by atoms with Gasteiger partial charge in [0, 0.05) is 23.9 Å². The van der Waals surface area contributed by atoms with E-state index in [-0.39, 0.29) is 0 Å². The standard InChI is InChI=1S/C16H14BrClN2/c1-20(11-12-2-5-15(18)6-3-12)16-7-4-13(9-17)8-14(16)10-19/h2-8H,9,11H2,1H3. The molecular weight excluding hydrogens is 336 g/mol. The summed E-state index contributed by atoms with van der Waals surface area (Å²) in [5, 5.41) is 10.8. The van der Waals surface area contributed by atoms with Gasteiger partial charge in [-0.05, 0) is 35.4 Å². The number of nitriles is 1. The van der Waals surface area contributed by atoms with Gasteiger partial charge in [-0.2, -0.15) is 5.26 Å². The molecule has 0 atom stereocenters. The van der Waals surface area contributed by atoms with Gasteiger partial charge in [0.05, 0.1) is 11.3 Å². The number of rotatable bonds is 4. The molecule has 4 heteroatoms. The van der Waals surface area contributed by atoms with Crippen molar-refractivity contribution in [3.63, 3.8) is 0 Å². The van der Waals surface area contributed by atoms with Crippen molar-refractivity contribution in [2.45, 2.75) is 11.9 Å². The van der Waals surface area contributed by atoms with E-state index in [1.165, 1.54) is 0 Å². The number of alkyl halides is 1. The van der Waals surface area contributed by atoms with E-state index in [0.717, 1.165) is 33.7 Å². The van der Waals surface area contributed by atoms with E-state index < -0.39 is 0 Å². The van der Waals surface area contributed by atoms with Crippen LogP contribution in [0, 0.1) is 11.3 Å². The van der Waals surface area contributed by atoms with Crippen molar-refractivity contribution in [3.8, 4) is 6.07 Å². The van der Waals surface area contributed by atoms with E-state index in [1.54, 1.807) is 0 Å². The van der Waals surface area contributed by atoms with E-state index in [1.807, 2.05) is 49.5 Å². The van der Waals surface area contributed by atoms with Crippen LogP contribution < -0.4 is 4.90 Å².